The van der Waals surface area contributed by atoms with Gasteiger partial charge in [-0.1, -0.05) is 11.6 Å². The summed E-state index contributed by atoms with van der Waals surface area (Å²) in [7, 11) is 2.06. The minimum absolute atomic E-state index is 0.413. The van der Waals surface area contributed by atoms with Gasteiger partial charge in [-0.3, -0.25) is 10.3 Å². The molecule has 0 aliphatic carbocycles. The quantitative estimate of drug-likeness (QED) is 0.192. The zero-order valence-corrected chi connectivity index (χ0v) is 21.6. The third-order valence-electron chi connectivity index (χ3n) is 6.35. The Labute approximate surface area is 218 Å². The normalized spacial score (nSPS) is 15.9. The van der Waals surface area contributed by atoms with E-state index in [4.69, 9.17) is 26.8 Å². The van der Waals surface area contributed by atoms with Crippen molar-refractivity contribution in [1.82, 2.24) is 20.2 Å². The van der Waals surface area contributed by atoms with Crippen molar-refractivity contribution in [3.63, 3.8) is 0 Å². The van der Waals surface area contributed by atoms with E-state index in [2.05, 4.69) is 48.8 Å². The summed E-state index contributed by atoms with van der Waals surface area (Å²) in [5.41, 5.74) is 0.810. The molecular weight excluding hydrogens is 476 g/mol. The van der Waals surface area contributed by atoms with Crippen molar-refractivity contribution in [1.29, 1.82) is 5.26 Å². The lowest BCUT2D eigenvalue weighted by molar-refractivity contribution is 0.357. The Morgan fingerprint density at radius 2 is 1.75 bits per heavy atom. The fourth-order valence-electron chi connectivity index (χ4n) is 4.33. The van der Waals surface area contributed by atoms with Crippen molar-refractivity contribution in [3.8, 4) is 6.19 Å². The number of halogens is 1. The molecule has 0 radical (unpaired) electrons. The van der Waals surface area contributed by atoms with Crippen LogP contribution in [0.3, 0.4) is 0 Å². The minimum atomic E-state index is 0.413. The number of hydrogen-bond donors (Lipinski definition) is 3. The van der Waals surface area contributed by atoms with E-state index < -0.39 is 0 Å². The molecule has 3 heterocycles. The smallest absolute Gasteiger partial charge is 0.229 e. The number of nitriles is 1. The second-order valence-electron chi connectivity index (χ2n) is 9.13. The predicted octanol–water partition coefficient (Wildman–Crippen LogP) is 3.21. The van der Waals surface area contributed by atoms with E-state index in [0.29, 0.717) is 17.5 Å². The average Bonchev–Trinajstić information content (AvgIpc) is 3.60. The summed E-state index contributed by atoms with van der Waals surface area (Å²) < 4.78 is 0. The first-order valence-electron chi connectivity index (χ1n) is 12.6. The van der Waals surface area contributed by atoms with Gasteiger partial charge in [-0.25, -0.2) is 0 Å². The molecule has 2 fully saturated rings. The van der Waals surface area contributed by atoms with Crippen LogP contribution >= 0.6 is 11.6 Å². The van der Waals surface area contributed by atoms with Crippen LogP contribution < -0.4 is 25.8 Å². The fraction of sp³-hybridized carbons (Fsp3) is 0.520. The Morgan fingerprint density at radius 3 is 2.44 bits per heavy atom. The van der Waals surface area contributed by atoms with Gasteiger partial charge < -0.3 is 25.3 Å². The van der Waals surface area contributed by atoms with Crippen molar-refractivity contribution in [2.24, 2.45) is 4.99 Å². The van der Waals surface area contributed by atoms with Crippen LogP contribution in [0.5, 0.6) is 0 Å². The molecule has 10 nitrogen and oxygen atoms in total. The molecule has 36 heavy (non-hydrogen) atoms. The van der Waals surface area contributed by atoms with Gasteiger partial charge in [-0.2, -0.15) is 15.2 Å². The number of anilines is 4. The molecule has 0 bridgehead atoms. The third-order valence-corrected chi connectivity index (χ3v) is 6.60. The van der Waals surface area contributed by atoms with Crippen LogP contribution in [0.2, 0.25) is 5.02 Å². The zero-order valence-electron chi connectivity index (χ0n) is 20.9. The van der Waals surface area contributed by atoms with Crippen LogP contribution in [-0.4, -0.2) is 80.2 Å². The maximum absolute atomic E-state index is 9.03. The van der Waals surface area contributed by atoms with Crippen molar-refractivity contribution in [3.05, 3.63) is 35.4 Å². The number of nitrogens with one attached hydrogen (secondary N) is 3. The maximum atomic E-state index is 9.03. The van der Waals surface area contributed by atoms with Crippen molar-refractivity contribution < 1.29 is 0 Å². The number of aliphatic imine (C=N–C) groups is 1. The van der Waals surface area contributed by atoms with E-state index in [0.717, 1.165) is 69.1 Å². The Bertz CT molecular complexity index is 1010. The summed E-state index contributed by atoms with van der Waals surface area (Å²) in [6, 6.07) is 9.33. The molecule has 0 saturated carbocycles. The highest BCUT2D eigenvalue weighted by Gasteiger charge is 2.20. The number of nitrogens with zero attached hydrogens (tertiary/aromatic N) is 7. The summed E-state index contributed by atoms with van der Waals surface area (Å²) in [5, 5.41) is 18.9. The largest absolute Gasteiger partial charge is 0.369 e. The maximum Gasteiger partial charge on any atom is 0.229 e. The second kappa shape index (κ2) is 13.1. The minimum Gasteiger partial charge on any atom is -0.369 e. The van der Waals surface area contributed by atoms with E-state index >= 15 is 0 Å². The highest BCUT2D eigenvalue weighted by atomic mass is 35.5. The third kappa shape index (κ3) is 7.60. The van der Waals surface area contributed by atoms with Crippen LogP contribution in [0, 0.1) is 11.5 Å². The number of aromatic nitrogens is 2. The monoisotopic (exact) mass is 510 g/mol. The van der Waals surface area contributed by atoms with E-state index in [1.165, 1.54) is 25.7 Å². The zero-order chi connectivity index (χ0) is 25.2. The van der Waals surface area contributed by atoms with Crippen LogP contribution in [-0.2, 0) is 0 Å². The average molecular weight is 511 g/mol. The first-order valence-corrected chi connectivity index (χ1v) is 13.0. The summed E-state index contributed by atoms with van der Waals surface area (Å²) in [6.07, 6.45) is 6.78. The first-order chi connectivity index (χ1) is 17.6. The fourth-order valence-corrected chi connectivity index (χ4v) is 4.46. The lowest BCUT2D eigenvalue weighted by Gasteiger charge is -2.22. The topological polar surface area (TPSA) is 108 Å². The van der Waals surface area contributed by atoms with E-state index in [9.17, 15) is 0 Å². The number of benzene rings is 1. The van der Waals surface area contributed by atoms with Crippen LogP contribution in [0.15, 0.2) is 35.3 Å². The van der Waals surface area contributed by atoms with Gasteiger partial charge in [0.1, 0.15) is 11.6 Å². The van der Waals surface area contributed by atoms with E-state index in [-0.39, 0.29) is 0 Å². The molecule has 0 unspecified atom stereocenters. The molecule has 0 amide bonds. The second-order valence-corrected chi connectivity index (χ2v) is 9.57. The van der Waals surface area contributed by atoms with Crippen LogP contribution in [0.25, 0.3) is 0 Å². The predicted molar refractivity (Wildman–Crippen MR) is 147 cm³/mol. The van der Waals surface area contributed by atoms with E-state index in [1.807, 2.05) is 18.3 Å². The number of hydrogen-bond acceptors (Lipinski definition) is 8. The van der Waals surface area contributed by atoms with Gasteiger partial charge in [-0.05, 0) is 57.0 Å². The molecule has 0 spiro atoms. The van der Waals surface area contributed by atoms with Gasteiger partial charge >= 0.3 is 0 Å². The lowest BCUT2D eigenvalue weighted by Crippen LogP contribution is -2.31. The molecule has 2 aliphatic rings. The number of guanidine groups is 1. The summed E-state index contributed by atoms with van der Waals surface area (Å²) in [6.45, 7) is 7.09. The summed E-state index contributed by atoms with van der Waals surface area (Å²) >= 11 is 5.94. The molecule has 2 aliphatic heterocycles. The highest BCUT2D eigenvalue weighted by molar-refractivity contribution is 6.30. The molecule has 0 atom stereocenters. The molecular formula is C25H35ClN10. The number of likely N-dealkylation sites (N-methyl/N-ethyl adjacent to an activating group) is 1. The lowest BCUT2D eigenvalue weighted by atomic mass is 10.3. The molecule has 1 aromatic carbocycles. The molecule has 192 valence electrons. The summed E-state index contributed by atoms with van der Waals surface area (Å²) in [5.74, 6) is 3.16. The van der Waals surface area contributed by atoms with Gasteiger partial charge in [0.2, 0.25) is 11.9 Å². The van der Waals surface area contributed by atoms with Crippen LogP contribution in [0.4, 0.5) is 23.3 Å². The highest BCUT2D eigenvalue weighted by Crippen LogP contribution is 2.25. The van der Waals surface area contributed by atoms with Crippen molar-refractivity contribution in [2.75, 3.05) is 79.8 Å². The standard InChI is InChI=1S/C25H35ClN10/c1-34(17-11-29-24(30-19-27)31-21-8-6-20(26)7-9-21)16-10-28-22-18-23(35-12-2-3-13-35)33-25(32-22)36-14-4-5-15-36/h6-9,18H,2-5,10-17H2,1H3,(H,28,32,33)(H2,29,30,31). The molecule has 2 aromatic rings. The first kappa shape index (κ1) is 25.8. The van der Waals surface area contributed by atoms with Gasteiger partial charge in [0.15, 0.2) is 6.19 Å². The van der Waals surface area contributed by atoms with Crippen LogP contribution in [0.1, 0.15) is 25.7 Å². The molecule has 11 heteroatoms. The number of rotatable bonds is 10. The SMILES string of the molecule is CN(CCN=C(NC#N)Nc1ccc(Cl)cc1)CCNc1cc(N2CCCC2)nc(N2CCCC2)n1. The Balaban J connectivity index is 1.27. The van der Waals surface area contributed by atoms with Crippen molar-refractivity contribution >= 4 is 40.8 Å². The van der Waals surface area contributed by atoms with Gasteiger partial charge in [0.25, 0.3) is 0 Å². The molecule has 3 N–H and O–H groups in total. The Morgan fingerprint density at radius 1 is 1.06 bits per heavy atom. The van der Waals surface area contributed by atoms with Crippen molar-refractivity contribution in [2.45, 2.75) is 25.7 Å². The van der Waals surface area contributed by atoms with E-state index in [1.54, 1.807) is 12.1 Å². The Kier molecular flexibility index (Phi) is 9.41. The molecule has 1 aromatic heterocycles. The van der Waals surface area contributed by atoms with Gasteiger partial charge in [0.05, 0.1) is 6.54 Å². The van der Waals surface area contributed by atoms with Gasteiger partial charge in [0, 0.05) is 62.6 Å². The Hall–Kier alpha value is -3.29. The summed E-state index contributed by atoms with van der Waals surface area (Å²) in [4.78, 5) is 21.0. The van der Waals surface area contributed by atoms with Gasteiger partial charge in [-0.15, -0.1) is 0 Å². The molecule has 2 saturated heterocycles. The molecule has 4 rings (SSSR count).